The molecule has 2 heterocycles. The van der Waals surface area contributed by atoms with E-state index < -0.39 is 10.8 Å². The van der Waals surface area contributed by atoms with Gasteiger partial charge in [0.2, 0.25) is 5.28 Å². The van der Waals surface area contributed by atoms with Gasteiger partial charge >= 0.3 is 0 Å². The Kier molecular flexibility index (Phi) is 4.13. The van der Waals surface area contributed by atoms with Crippen LogP contribution in [0.15, 0.2) is 6.20 Å². The van der Waals surface area contributed by atoms with E-state index in [4.69, 9.17) is 11.6 Å². The molecule has 0 saturated carbocycles. The van der Waals surface area contributed by atoms with Gasteiger partial charge < -0.3 is 5.32 Å². The highest BCUT2D eigenvalue weighted by Crippen LogP contribution is 2.19. The van der Waals surface area contributed by atoms with Gasteiger partial charge in [0.25, 0.3) is 0 Å². The summed E-state index contributed by atoms with van der Waals surface area (Å²) in [6, 6.07) is 0. The number of fused-ring (bicyclic) bond motifs is 1. The normalized spacial score (nSPS) is 14.6. The molecule has 0 saturated heterocycles. The summed E-state index contributed by atoms with van der Waals surface area (Å²) in [5.41, 5.74) is 0.601. The minimum absolute atomic E-state index is 0.148. The SMILES string of the molecule is CC(CCNc1nc(Cl)nc2[nH]ncc12)S(C)=O. The first kappa shape index (κ1) is 13.2. The smallest absolute Gasteiger partial charge is 0.226 e. The second kappa shape index (κ2) is 5.62. The molecule has 0 fully saturated rings. The van der Waals surface area contributed by atoms with E-state index in [1.165, 1.54) is 0 Å². The van der Waals surface area contributed by atoms with Crippen molar-refractivity contribution in [2.24, 2.45) is 0 Å². The van der Waals surface area contributed by atoms with Gasteiger partial charge in [0.05, 0.1) is 11.6 Å². The van der Waals surface area contributed by atoms with Crippen LogP contribution >= 0.6 is 11.6 Å². The summed E-state index contributed by atoms with van der Waals surface area (Å²) in [7, 11) is -0.809. The molecule has 0 aliphatic rings. The van der Waals surface area contributed by atoms with Gasteiger partial charge in [0.1, 0.15) is 5.82 Å². The summed E-state index contributed by atoms with van der Waals surface area (Å²) in [6.07, 6.45) is 4.15. The lowest BCUT2D eigenvalue weighted by atomic mass is 10.3. The van der Waals surface area contributed by atoms with Crippen LogP contribution in [0.3, 0.4) is 0 Å². The van der Waals surface area contributed by atoms with Gasteiger partial charge in [-0.15, -0.1) is 0 Å². The predicted molar refractivity (Wildman–Crippen MR) is 73.3 cm³/mol. The molecule has 2 aromatic heterocycles. The fraction of sp³-hybridized carbons (Fsp3) is 0.500. The number of hydrogen-bond donors (Lipinski definition) is 2. The van der Waals surface area contributed by atoms with E-state index in [2.05, 4.69) is 25.5 Å². The fourth-order valence-corrected chi connectivity index (χ4v) is 2.12. The van der Waals surface area contributed by atoms with E-state index in [0.29, 0.717) is 18.0 Å². The van der Waals surface area contributed by atoms with Crippen molar-refractivity contribution >= 4 is 39.3 Å². The summed E-state index contributed by atoms with van der Waals surface area (Å²) < 4.78 is 11.2. The maximum absolute atomic E-state index is 11.2. The highest BCUT2D eigenvalue weighted by atomic mass is 35.5. The van der Waals surface area contributed by atoms with Gasteiger partial charge in [-0.1, -0.05) is 6.92 Å². The van der Waals surface area contributed by atoms with Crippen molar-refractivity contribution in [2.75, 3.05) is 18.1 Å². The van der Waals surface area contributed by atoms with Crippen LogP contribution in [0, 0.1) is 0 Å². The Morgan fingerprint density at radius 3 is 3.06 bits per heavy atom. The third-order valence-corrected chi connectivity index (χ3v) is 4.23. The van der Waals surface area contributed by atoms with Crippen LogP contribution in [0.4, 0.5) is 5.82 Å². The topological polar surface area (TPSA) is 83.6 Å². The van der Waals surface area contributed by atoms with E-state index in [1.807, 2.05) is 6.92 Å². The number of aromatic nitrogens is 4. The summed E-state index contributed by atoms with van der Waals surface area (Å²) in [6.45, 7) is 2.63. The molecule has 2 atom stereocenters. The maximum Gasteiger partial charge on any atom is 0.226 e. The Morgan fingerprint density at radius 1 is 1.56 bits per heavy atom. The van der Waals surface area contributed by atoms with Crippen molar-refractivity contribution in [1.29, 1.82) is 0 Å². The average molecular weight is 288 g/mol. The highest BCUT2D eigenvalue weighted by molar-refractivity contribution is 7.84. The lowest BCUT2D eigenvalue weighted by Crippen LogP contribution is -2.15. The number of H-pyrrole nitrogens is 1. The summed E-state index contributed by atoms with van der Waals surface area (Å²) >= 11 is 5.81. The van der Waals surface area contributed by atoms with Crippen LogP contribution in [-0.2, 0) is 10.8 Å². The van der Waals surface area contributed by atoms with Gasteiger partial charge in [-0.25, -0.2) is 0 Å². The lowest BCUT2D eigenvalue weighted by Gasteiger charge is -2.10. The molecule has 18 heavy (non-hydrogen) atoms. The third kappa shape index (κ3) is 2.97. The van der Waals surface area contributed by atoms with Crippen molar-refractivity contribution in [3.05, 3.63) is 11.5 Å². The zero-order valence-corrected chi connectivity index (χ0v) is 11.7. The number of aromatic amines is 1. The molecule has 0 spiro atoms. The van der Waals surface area contributed by atoms with Crippen LogP contribution in [-0.4, -0.2) is 42.4 Å². The summed E-state index contributed by atoms with van der Waals surface area (Å²) in [5.74, 6) is 0.646. The molecule has 0 aliphatic heterocycles. The van der Waals surface area contributed by atoms with Gasteiger partial charge in [0, 0.05) is 28.9 Å². The molecule has 8 heteroatoms. The Hall–Kier alpha value is -1.21. The second-order valence-electron chi connectivity index (χ2n) is 4.00. The van der Waals surface area contributed by atoms with Crippen molar-refractivity contribution in [1.82, 2.24) is 20.2 Å². The zero-order chi connectivity index (χ0) is 13.1. The van der Waals surface area contributed by atoms with Crippen molar-refractivity contribution in [2.45, 2.75) is 18.6 Å². The van der Waals surface area contributed by atoms with Gasteiger partial charge in [0.15, 0.2) is 5.65 Å². The van der Waals surface area contributed by atoms with Crippen molar-refractivity contribution in [3.63, 3.8) is 0 Å². The van der Waals surface area contributed by atoms with Crippen LogP contribution in [0.1, 0.15) is 13.3 Å². The molecule has 98 valence electrons. The summed E-state index contributed by atoms with van der Waals surface area (Å²) in [4.78, 5) is 8.14. The lowest BCUT2D eigenvalue weighted by molar-refractivity contribution is 0.672. The van der Waals surface area contributed by atoms with Crippen LogP contribution in [0.2, 0.25) is 5.28 Å². The highest BCUT2D eigenvalue weighted by Gasteiger charge is 2.09. The third-order valence-electron chi connectivity index (χ3n) is 2.69. The Bertz CT molecular complexity index is 572. The number of hydrogen-bond acceptors (Lipinski definition) is 5. The van der Waals surface area contributed by atoms with Gasteiger partial charge in [-0.05, 0) is 18.0 Å². The monoisotopic (exact) mass is 287 g/mol. The molecular weight excluding hydrogens is 274 g/mol. The van der Waals surface area contributed by atoms with Gasteiger partial charge in [-0.2, -0.15) is 15.1 Å². The molecule has 0 radical (unpaired) electrons. The molecule has 2 unspecified atom stereocenters. The van der Waals surface area contributed by atoms with E-state index in [9.17, 15) is 4.21 Å². The molecular formula is C10H14ClN5OS. The Balaban J connectivity index is 2.07. The van der Waals surface area contributed by atoms with Crippen molar-refractivity contribution < 1.29 is 4.21 Å². The fourth-order valence-electron chi connectivity index (χ4n) is 1.50. The summed E-state index contributed by atoms with van der Waals surface area (Å²) in [5, 5.41) is 10.9. The molecule has 2 rings (SSSR count). The average Bonchev–Trinajstić information content (AvgIpc) is 2.76. The van der Waals surface area contributed by atoms with Gasteiger partial charge in [-0.3, -0.25) is 9.31 Å². The van der Waals surface area contributed by atoms with Crippen molar-refractivity contribution in [3.8, 4) is 0 Å². The predicted octanol–water partition coefficient (Wildman–Crippen LogP) is 1.58. The molecule has 0 bridgehead atoms. The second-order valence-corrected chi connectivity index (χ2v) is 6.14. The zero-order valence-electron chi connectivity index (χ0n) is 10.1. The number of halogens is 1. The number of anilines is 1. The molecule has 6 nitrogen and oxygen atoms in total. The van der Waals surface area contributed by atoms with E-state index >= 15 is 0 Å². The van der Waals surface area contributed by atoms with Crippen LogP contribution < -0.4 is 5.32 Å². The maximum atomic E-state index is 11.2. The first-order chi connectivity index (χ1) is 8.58. The number of rotatable bonds is 5. The first-order valence-electron chi connectivity index (χ1n) is 5.50. The molecule has 0 aliphatic carbocycles. The van der Waals surface area contributed by atoms with E-state index in [0.717, 1.165) is 11.8 Å². The minimum Gasteiger partial charge on any atom is -0.369 e. The quantitative estimate of drug-likeness (QED) is 0.816. The van der Waals surface area contributed by atoms with E-state index in [-0.39, 0.29) is 10.5 Å². The molecule has 2 aromatic rings. The standard InChI is InChI=1S/C10H14ClN5OS/c1-6(18(2)17)3-4-12-8-7-5-13-16-9(7)15-10(11)14-8/h5-6H,3-4H2,1-2H3,(H2,12,13,14,15,16). The van der Waals surface area contributed by atoms with E-state index in [1.54, 1.807) is 12.5 Å². The molecule has 0 amide bonds. The largest absolute Gasteiger partial charge is 0.369 e. The van der Waals surface area contributed by atoms with Crippen LogP contribution in [0.25, 0.3) is 11.0 Å². The molecule has 2 N–H and O–H groups in total. The Labute approximate surface area is 112 Å². The molecule has 0 aromatic carbocycles. The number of nitrogens with zero attached hydrogens (tertiary/aromatic N) is 3. The number of nitrogens with one attached hydrogen (secondary N) is 2. The first-order valence-corrected chi connectivity index (χ1v) is 7.50. The Morgan fingerprint density at radius 2 is 2.33 bits per heavy atom. The minimum atomic E-state index is -0.809. The van der Waals surface area contributed by atoms with Crippen LogP contribution in [0.5, 0.6) is 0 Å².